The lowest BCUT2D eigenvalue weighted by Gasteiger charge is -2.11. The highest BCUT2D eigenvalue weighted by Crippen LogP contribution is 2.31. The van der Waals surface area contributed by atoms with Crippen molar-refractivity contribution < 1.29 is 19.0 Å². The van der Waals surface area contributed by atoms with Crippen LogP contribution in [-0.2, 0) is 4.79 Å². The number of carbonyl (C=O) groups is 1. The highest BCUT2D eigenvalue weighted by molar-refractivity contribution is 6.31. The Morgan fingerprint density at radius 1 is 1.04 bits per heavy atom. The maximum atomic E-state index is 12.2. The van der Waals surface area contributed by atoms with Crippen LogP contribution in [0, 0.1) is 6.92 Å². The average molecular weight is 362 g/mol. The molecule has 0 fully saturated rings. The molecule has 132 valence electrons. The van der Waals surface area contributed by atoms with Crippen molar-refractivity contribution in [1.82, 2.24) is 0 Å². The zero-order valence-electron chi connectivity index (χ0n) is 14.6. The second kappa shape index (κ2) is 8.44. The van der Waals surface area contributed by atoms with E-state index in [-0.39, 0.29) is 5.91 Å². The molecule has 1 N–H and O–H groups in total. The maximum absolute atomic E-state index is 12.2. The van der Waals surface area contributed by atoms with Crippen molar-refractivity contribution >= 4 is 29.3 Å². The maximum Gasteiger partial charge on any atom is 0.248 e. The van der Waals surface area contributed by atoms with Crippen molar-refractivity contribution in [2.45, 2.75) is 6.92 Å². The van der Waals surface area contributed by atoms with Gasteiger partial charge in [-0.3, -0.25) is 4.79 Å². The molecule has 0 saturated carbocycles. The summed E-state index contributed by atoms with van der Waals surface area (Å²) < 4.78 is 15.7. The lowest BCUT2D eigenvalue weighted by Crippen LogP contribution is -2.09. The molecular formula is C19H20ClNO4. The van der Waals surface area contributed by atoms with E-state index in [1.165, 1.54) is 13.2 Å². The van der Waals surface area contributed by atoms with Crippen LogP contribution >= 0.6 is 11.6 Å². The minimum atomic E-state index is -0.294. The number of benzene rings is 2. The van der Waals surface area contributed by atoms with Crippen LogP contribution in [0.5, 0.6) is 17.2 Å². The zero-order valence-corrected chi connectivity index (χ0v) is 15.3. The fourth-order valence-electron chi connectivity index (χ4n) is 2.23. The molecule has 0 unspecified atom stereocenters. The largest absolute Gasteiger partial charge is 0.497 e. The first-order valence-corrected chi connectivity index (χ1v) is 7.91. The molecule has 2 rings (SSSR count). The predicted molar refractivity (Wildman–Crippen MR) is 100.0 cm³/mol. The highest BCUT2D eigenvalue weighted by atomic mass is 35.5. The van der Waals surface area contributed by atoms with Crippen LogP contribution in [0.25, 0.3) is 6.08 Å². The molecule has 0 heterocycles. The Morgan fingerprint density at radius 2 is 1.76 bits per heavy atom. The Kier molecular flexibility index (Phi) is 6.31. The standard InChI is InChI=1S/C19H20ClNO4/c1-12-9-16(18(25-4)11-15(12)20)21-19(22)8-6-13-5-7-14(23-2)10-17(13)24-3/h5-11H,1-4H3,(H,21,22)/b8-6+. The SMILES string of the molecule is COc1ccc(/C=C/C(=O)Nc2cc(C)c(Cl)cc2OC)c(OC)c1. The first-order valence-electron chi connectivity index (χ1n) is 7.53. The molecule has 0 atom stereocenters. The summed E-state index contributed by atoms with van der Waals surface area (Å²) in [5, 5.41) is 3.36. The lowest BCUT2D eigenvalue weighted by molar-refractivity contribution is -0.111. The summed E-state index contributed by atoms with van der Waals surface area (Å²) in [6.07, 6.45) is 3.09. The molecule has 25 heavy (non-hydrogen) atoms. The molecular weight excluding hydrogens is 342 g/mol. The van der Waals surface area contributed by atoms with Crippen LogP contribution in [0.3, 0.4) is 0 Å². The lowest BCUT2D eigenvalue weighted by atomic mass is 10.1. The van der Waals surface area contributed by atoms with E-state index < -0.39 is 0 Å². The number of hydrogen-bond donors (Lipinski definition) is 1. The smallest absolute Gasteiger partial charge is 0.248 e. The Bertz CT molecular complexity index is 802. The van der Waals surface area contributed by atoms with Gasteiger partial charge in [-0.15, -0.1) is 0 Å². The third kappa shape index (κ3) is 4.67. The van der Waals surface area contributed by atoms with Gasteiger partial charge in [-0.1, -0.05) is 11.6 Å². The molecule has 0 bridgehead atoms. The second-order valence-electron chi connectivity index (χ2n) is 5.23. The molecule has 1 amide bonds. The number of anilines is 1. The van der Waals surface area contributed by atoms with Gasteiger partial charge < -0.3 is 19.5 Å². The summed E-state index contributed by atoms with van der Waals surface area (Å²) in [6, 6.07) is 8.80. The molecule has 0 aliphatic rings. The Labute approximate surface area is 152 Å². The fraction of sp³-hybridized carbons (Fsp3) is 0.211. The van der Waals surface area contributed by atoms with E-state index in [9.17, 15) is 4.79 Å². The molecule has 2 aromatic carbocycles. The van der Waals surface area contributed by atoms with Crippen LogP contribution in [0.15, 0.2) is 36.4 Å². The molecule has 5 nitrogen and oxygen atoms in total. The van der Waals surface area contributed by atoms with Crippen LogP contribution in [0.2, 0.25) is 5.02 Å². The van der Waals surface area contributed by atoms with Crippen LogP contribution in [0.4, 0.5) is 5.69 Å². The van der Waals surface area contributed by atoms with Crippen molar-refractivity contribution in [3.8, 4) is 17.2 Å². The first-order chi connectivity index (χ1) is 12.0. The predicted octanol–water partition coefficient (Wildman–Crippen LogP) is 4.33. The number of rotatable bonds is 6. The molecule has 0 saturated heterocycles. The fourth-order valence-corrected chi connectivity index (χ4v) is 2.38. The Hall–Kier alpha value is -2.66. The summed E-state index contributed by atoms with van der Waals surface area (Å²) in [4.78, 5) is 12.2. The van der Waals surface area contributed by atoms with Gasteiger partial charge in [0.1, 0.15) is 17.2 Å². The topological polar surface area (TPSA) is 56.8 Å². The van der Waals surface area contributed by atoms with Crippen molar-refractivity contribution in [2.75, 3.05) is 26.6 Å². The van der Waals surface area contributed by atoms with E-state index in [0.717, 1.165) is 11.1 Å². The molecule has 0 aliphatic heterocycles. The summed E-state index contributed by atoms with van der Waals surface area (Å²) in [5.74, 6) is 1.50. The van der Waals surface area contributed by atoms with E-state index in [1.54, 1.807) is 44.6 Å². The van der Waals surface area contributed by atoms with Crippen LogP contribution in [0.1, 0.15) is 11.1 Å². The molecule has 6 heteroatoms. The normalized spacial score (nSPS) is 10.6. The number of methoxy groups -OCH3 is 3. The van der Waals surface area contributed by atoms with E-state index in [4.69, 9.17) is 25.8 Å². The van der Waals surface area contributed by atoms with Gasteiger partial charge in [0.25, 0.3) is 0 Å². The molecule has 0 aromatic heterocycles. The highest BCUT2D eigenvalue weighted by Gasteiger charge is 2.09. The van der Waals surface area contributed by atoms with Gasteiger partial charge in [-0.2, -0.15) is 0 Å². The third-order valence-corrected chi connectivity index (χ3v) is 4.00. The molecule has 0 radical (unpaired) electrons. The van der Waals surface area contributed by atoms with Gasteiger partial charge in [0.05, 0.1) is 27.0 Å². The van der Waals surface area contributed by atoms with Gasteiger partial charge in [0.2, 0.25) is 5.91 Å². The van der Waals surface area contributed by atoms with Gasteiger partial charge in [-0.05, 0) is 36.8 Å². The number of halogens is 1. The van der Waals surface area contributed by atoms with E-state index in [2.05, 4.69) is 5.32 Å². The molecule has 0 aliphatic carbocycles. The van der Waals surface area contributed by atoms with Crippen LogP contribution < -0.4 is 19.5 Å². The first kappa shape index (κ1) is 18.7. The summed E-state index contributed by atoms with van der Waals surface area (Å²) in [7, 11) is 4.67. The van der Waals surface area contributed by atoms with E-state index >= 15 is 0 Å². The van der Waals surface area contributed by atoms with Crippen molar-refractivity contribution in [3.05, 3.63) is 52.6 Å². The number of hydrogen-bond acceptors (Lipinski definition) is 4. The summed E-state index contributed by atoms with van der Waals surface area (Å²) in [5.41, 5.74) is 2.16. The number of aryl methyl sites for hydroxylation is 1. The number of nitrogens with one attached hydrogen (secondary N) is 1. The number of carbonyl (C=O) groups excluding carboxylic acids is 1. The summed E-state index contributed by atoms with van der Waals surface area (Å²) in [6.45, 7) is 1.86. The van der Waals surface area contributed by atoms with Crippen LogP contribution in [-0.4, -0.2) is 27.2 Å². The van der Waals surface area contributed by atoms with Crippen molar-refractivity contribution in [3.63, 3.8) is 0 Å². The third-order valence-electron chi connectivity index (χ3n) is 3.59. The number of ether oxygens (including phenoxy) is 3. The monoisotopic (exact) mass is 361 g/mol. The van der Waals surface area contributed by atoms with Gasteiger partial charge in [0.15, 0.2) is 0 Å². The second-order valence-corrected chi connectivity index (χ2v) is 5.64. The summed E-state index contributed by atoms with van der Waals surface area (Å²) >= 11 is 6.07. The van der Waals surface area contributed by atoms with Gasteiger partial charge in [-0.25, -0.2) is 0 Å². The minimum absolute atomic E-state index is 0.294. The van der Waals surface area contributed by atoms with Crippen molar-refractivity contribution in [2.24, 2.45) is 0 Å². The van der Waals surface area contributed by atoms with E-state index in [0.29, 0.717) is 28.0 Å². The Morgan fingerprint density at radius 3 is 2.40 bits per heavy atom. The Balaban J connectivity index is 2.18. The molecule has 0 spiro atoms. The zero-order chi connectivity index (χ0) is 18.4. The van der Waals surface area contributed by atoms with Crippen molar-refractivity contribution in [1.29, 1.82) is 0 Å². The van der Waals surface area contributed by atoms with Gasteiger partial charge >= 0.3 is 0 Å². The number of amides is 1. The van der Waals surface area contributed by atoms with E-state index in [1.807, 2.05) is 13.0 Å². The average Bonchev–Trinajstić information content (AvgIpc) is 2.62. The quantitative estimate of drug-likeness (QED) is 0.778. The molecule has 2 aromatic rings. The van der Waals surface area contributed by atoms with Gasteiger partial charge in [0, 0.05) is 28.8 Å². The minimum Gasteiger partial charge on any atom is -0.497 e.